The number of likely N-dealkylation sites (N-methyl/N-ethyl adjacent to an activating group) is 1. The first-order chi connectivity index (χ1) is 9.76. The highest BCUT2D eigenvalue weighted by Gasteiger charge is 2.29. The fourth-order valence-electron chi connectivity index (χ4n) is 3.00. The summed E-state index contributed by atoms with van der Waals surface area (Å²) in [4.78, 5) is 4.58. The van der Waals surface area contributed by atoms with Crippen molar-refractivity contribution in [2.45, 2.75) is 70.9 Å². The molecule has 0 bridgehead atoms. The monoisotopic (exact) mass is 281 g/mol. The molecule has 1 aromatic rings. The van der Waals surface area contributed by atoms with Gasteiger partial charge < -0.3 is 14.6 Å². The van der Waals surface area contributed by atoms with Crippen molar-refractivity contribution in [2.75, 3.05) is 13.2 Å². The summed E-state index contributed by atoms with van der Waals surface area (Å²) in [7, 11) is 0. The molecule has 1 aliphatic rings. The standard InChI is InChI=1S/C15H27N3O2/c1-4-16-13-10-8-6-7-9-12(13)15-17-14(18-20-15)11(3)19-5-2/h11-13,16H,4-10H2,1-3H3. The van der Waals surface area contributed by atoms with E-state index < -0.39 is 0 Å². The van der Waals surface area contributed by atoms with Gasteiger partial charge in [0, 0.05) is 12.6 Å². The smallest absolute Gasteiger partial charge is 0.231 e. The van der Waals surface area contributed by atoms with Gasteiger partial charge in [-0.15, -0.1) is 0 Å². The molecule has 0 aliphatic heterocycles. The van der Waals surface area contributed by atoms with Crippen molar-refractivity contribution >= 4 is 0 Å². The summed E-state index contributed by atoms with van der Waals surface area (Å²) >= 11 is 0. The Kier molecular flexibility index (Phi) is 5.98. The van der Waals surface area contributed by atoms with Gasteiger partial charge in [0.1, 0.15) is 6.10 Å². The van der Waals surface area contributed by atoms with Gasteiger partial charge in [-0.3, -0.25) is 0 Å². The van der Waals surface area contributed by atoms with Crippen molar-refractivity contribution < 1.29 is 9.26 Å². The number of hydrogen-bond acceptors (Lipinski definition) is 5. The summed E-state index contributed by atoms with van der Waals surface area (Å²) in [6.45, 7) is 7.74. The van der Waals surface area contributed by atoms with Crippen LogP contribution in [0.3, 0.4) is 0 Å². The van der Waals surface area contributed by atoms with Crippen LogP contribution in [0.5, 0.6) is 0 Å². The predicted octanol–water partition coefficient (Wildman–Crippen LogP) is 3.19. The number of aromatic nitrogens is 2. The zero-order chi connectivity index (χ0) is 14.4. The number of ether oxygens (including phenoxy) is 1. The Morgan fingerprint density at radius 2 is 2.10 bits per heavy atom. The molecule has 1 aliphatic carbocycles. The molecule has 1 saturated carbocycles. The molecule has 1 aromatic heterocycles. The van der Waals surface area contributed by atoms with Gasteiger partial charge in [0.2, 0.25) is 5.89 Å². The second kappa shape index (κ2) is 7.74. The van der Waals surface area contributed by atoms with Crippen LogP contribution in [0.1, 0.15) is 76.6 Å². The number of nitrogens with zero attached hydrogens (tertiary/aromatic N) is 2. The van der Waals surface area contributed by atoms with Gasteiger partial charge in [0.15, 0.2) is 5.82 Å². The lowest BCUT2D eigenvalue weighted by atomic mass is 9.94. The van der Waals surface area contributed by atoms with E-state index in [2.05, 4.69) is 22.4 Å². The fraction of sp³-hybridized carbons (Fsp3) is 0.867. The second-order valence-electron chi connectivity index (χ2n) is 5.50. The Labute approximate surface area is 121 Å². The lowest BCUT2D eigenvalue weighted by molar-refractivity contribution is 0.0683. The minimum absolute atomic E-state index is 0.0964. The Bertz CT molecular complexity index is 394. The van der Waals surface area contributed by atoms with Gasteiger partial charge in [-0.05, 0) is 33.2 Å². The number of hydrogen-bond donors (Lipinski definition) is 1. The molecule has 1 N–H and O–H groups in total. The third-order valence-electron chi connectivity index (χ3n) is 4.04. The summed E-state index contributed by atoms with van der Waals surface area (Å²) in [6.07, 6.45) is 6.05. The largest absolute Gasteiger partial charge is 0.371 e. The van der Waals surface area contributed by atoms with Crippen molar-refractivity contribution in [3.05, 3.63) is 11.7 Å². The maximum Gasteiger partial charge on any atom is 0.231 e. The van der Waals surface area contributed by atoms with Gasteiger partial charge in [-0.2, -0.15) is 4.98 Å². The zero-order valence-electron chi connectivity index (χ0n) is 12.9. The minimum atomic E-state index is -0.0964. The van der Waals surface area contributed by atoms with Crippen LogP contribution < -0.4 is 5.32 Å². The number of rotatable bonds is 6. The van der Waals surface area contributed by atoms with Crippen LogP contribution in [0, 0.1) is 0 Å². The molecule has 114 valence electrons. The van der Waals surface area contributed by atoms with Crippen LogP contribution in [-0.2, 0) is 4.74 Å². The summed E-state index contributed by atoms with van der Waals surface area (Å²) in [5, 5.41) is 7.67. The van der Waals surface area contributed by atoms with E-state index in [1.165, 1.54) is 25.7 Å². The summed E-state index contributed by atoms with van der Waals surface area (Å²) in [5.74, 6) is 1.79. The lowest BCUT2D eigenvalue weighted by Gasteiger charge is -2.22. The zero-order valence-corrected chi connectivity index (χ0v) is 12.9. The molecule has 0 spiro atoms. The van der Waals surface area contributed by atoms with Gasteiger partial charge in [-0.25, -0.2) is 0 Å². The molecule has 0 saturated heterocycles. The van der Waals surface area contributed by atoms with E-state index >= 15 is 0 Å². The molecule has 1 fully saturated rings. The van der Waals surface area contributed by atoms with Gasteiger partial charge in [0.05, 0.1) is 5.92 Å². The Morgan fingerprint density at radius 3 is 2.85 bits per heavy atom. The molecule has 3 atom stereocenters. The fourth-order valence-corrected chi connectivity index (χ4v) is 3.00. The predicted molar refractivity (Wildman–Crippen MR) is 77.6 cm³/mol. The normalized spacial score (nSPS) is 25.4. The first kappa shape index (κ1) is 15.4. The molecule has 3 unspecified atom stereocenters. The first-order valence-electron chi connectivity index (χ1n) is 7.94. The molecular formula is C15H27N3O2. The van der Waals surface area contributed by atoms with Gasteiger partial charge in [0.25, 0.3) is 0 Å². The first-order valence-corrected chi connectivity index (χ1v) is 7.94. The maximum atomic E-state index is 5.53. The van der Waals surface area contributed by atoms with E-state index in [9.17, 15) is 0 Å². The van der Waals surface area contributed by atoms with Crippen LogP contribution in [0.4, 0.5) is 0 Å². The van der Waals surface area contributed by atoms with E-state index in [0.29, 0.717) is 24.4 Å². The van der Waals surface area contributed by atoms with Crippen molar-refractivity contribution in [1.29, 1.82) is 0 Å². The molecule has 5 nitrogen and oxygen atoms in total. The Morgan fingerprint density at radius 1 is 1.30 bits per heavy atom. The highest BCUT2D eigenvalue weighted by molar-refractivity contribution is 5.01. The summed E-state index contributed by atoms with van der Waals surface area (Å²) in [6, 6.07) is 0.457. The molecule has 20 heavy (non-hydrogen) atoms. The van der Waals surface area contributed by atoms with Crippen LogP contribution in [0.25, 0.3) is 0 Å². The summed E-state index contributed by atoms with van der Waals surface area (Å²) < 4.78 is 11.0. The molecular weight excluding hydrogens is 254 g/mol. The average Bonchev–Trinajstić information content (AvgIpc) is 2.81. The van der Waals surface area contributed by atoms with E-state index in [1.807, 2.05) is 13.8 Å². The highest BCUT2D eigenvalue weighted by Crippen LogP contribution is 2.31. The van der Waals surface area contributed by atoms with E-state index in [0.717, 1.165) is 18.9 Å². The quantitative estimate of drug-likeness (QED) is 0.811. The van der Waals surface area contributed by atoms with Gasteiger partial charge in [-0.1, -0.05) is 31.3 Å². The molecule has 0 amide bonds. The van der Waals surface area contributed by atoms with E-state index in [4.69, 9.17) is 9.26 Å². The molecule has 5 heteroatoms. The topological polar surface area (TPSA) is 60.2 Å². The average molecular weight is 281 g/mol. The molecule has 0 radical (unpaired) electrons. The lowest BCUT2D eigenvalue weighted by Crippen LogP contribution is -2.34. The van der Waals surface area contributed by atoms with Crippen molar-refractivity contribution in [3.63, 3.8) is 0 Å². The Hall–Kier alpha value is -0.940. The van der Waals surface area contributed by atoms with Gasteiger partial charge >= 0.3 is 0 Å². The minimum Gasteiger partial charge on any atom is -0.371 e. The Balaban J connectivity index is 2.10. The summed E-state index contributed by atoms with van der Waals surface area (Å²) in [5.41, 5.74) is 0. The number of nitrogens with one attached hydrogen (secondary N) is 1. The third-order valence-corrected chi connectivity index (χ3v) is 4.04. The van der Waals surface area contributed by atoms with Crippen molar-refractivity contribution in [2.24, 2.45) is 0 Å². The maximum absolute atomic E-state index is 5.53. The van der Waals surface area contributed by atoms with Crippen molar-refractivity contribution in [1.82, 2.24) is 15.5 Å². The van der Waals surface area contributed by atoms with Crippen LogP contribution in [-0.4, -0.2) is 29.3 Å². The van der Waals surface area contributed by atoms with E-state index in [1.54, 1.807) is 0 Å². The second-order valence-corrected chi connectivity index (χ2v) is 5.50. The highest BCUT2D eigenvalue weighted by atomic mass is 16.5. The van der Waals surface area contributed by atoms with E-state index in [-0.39, 0.29) is 6.10 Å². The van der Waals surface area contributed by atoms with Crippen molar-refractivity contribution in [3.8, 4) is 0 Å². The van der Waals surface area contributed by atoms with Crippen LogP contribution in [0.15, 0.2) is 4.52 Å². The molecule has 1 heterocycles. The third kappa shape index (κ3) is 3.79. The SMILES string of the molecule is CCNC1CCCCCC1c1nc(C(C)OCC)no1. The van der Waals surface area contributed by atoms with Crippen LogP contribution >= 0.6 is 0 Å². The van der Waals surface area contributed by atoms with Crippen LogP contribution in [0.2, 0.25) is 0 Å². The molecule has 0 aromatic carbocycles. The molecule has 2 rings (SSSR count).